The predicted molar refractivity (Wildman–Crippen MR) is 64.3 cm³/mol. The second-order valence-electron chi connectivity index (χ2n) is 3.88. The van der Waals surface area contributed by atoms with E-state index in [9.17, 15) is 8.42 Å². The number of fused-ring (bicyclic) bond motifs is 1. The van der Waals surface area contributed by atoms with Crippen molar-refractivity contribution in [1.82, 2.24) is 4.31 Å². The van der Waals surface area contributed by atoms with Crippen LogP contribution in [0.25, 0.3) is 0 Å². The number of hydrogen-bond donors (Lipinski definition) is 0. The molecule has 0 aliphatic carbocycles. The van der Waals surface area contributed by atoms with E-state index in [4.69, 9.17) is 11.6 Å². The molecule has 0 aromatic heterocycles. The lowest BCUT2D eigenvalue weighted by molar-refractivity contribution is 0.373. The Morgan fingerprint density at radius 1 is 1.31 bits per heavy atom. The van der Waals surface area contributed by atoms with Crippen LogP contribution in [0.1, 0.15) is 6.92 Å². The molecule has 1 aliphatic heterocycles. The van der Waals surface area contributed by atoms with Gasteiger partial charge >= 0.3 is 0 Å². The normalized spacial score (nSPS) is 24.2. The van der Waals surface area contributed by atoms with Gasteiger partial charge in [-0.25, -0.2) is 8.42 Å². The minimum atomic E-state index is -3.42. The van der Waals surface area contributed by atoms with E-state index in [1.165, 1.54) is 10.4 Å². The molecule has 0 saturated carbocycles. The van der Waals surface area contributed by atoms with Crippen LogP contribution in [0.5, 0.6) is 0 Å². The Kier molecular flexibility index (Phi) is 2.64. The van der Waals surface area contributed by atoms with Crippen molar-refractivity contribution in [2.45, 2.75) is 18.0 Å². The summed E-state index contributed by atoms with van der Waals surface area (Å²) in [7, 11) is 0.0153. The summed E-state index contributed by atoms with van der Waals surface area (Å²) in [4.78, 5) is 2.18. The number of sulfonamides is 1. The summed E-state index contributed by atoms with van der Waals surface area (Å²) in [6.45, 7) is 1.84. The van der Waals surface area contributed by atoms with Gasteiger partial charge in [0.25, 0.3) is 0 Å². The Morgan fingerprint density at radius 2 is 1.94 bits per heavy atom. The van der Waals surface area contributed by atoms with Crippen LogP contribution in [0, 0.1) is 0 Å². The first-order chi connectivity index (χ1) is 7.35. The van der Waals surface area contributed by atoms with Crippen LogP contribution in [0.2, 0.25) is 5.02 Å². The van der Waals surface area contributed by atoms with E-state index in [0.717, 1.165) is 0 Å². The van der Waals surface area contributed by atoms with Gasteiger partial charge in [-0.2, -0.15) is 4.31 Å². The molecular formula is C10H13ClN2O2S. The SMILES string of the molecule is C[C@@H]1N(C)c2ccc(Cl)cc2S(=O)(=O)N1C. The van der Waals surface area contributed by atoms with E-state index in [1.54, 1.807) is 19.2 Å². The Hall–Kier alpha value is -0.780. The zero-order valence-corrected chi connectivity index (χ0v) is 10.9. The molecule has 6 heteroatoms. The second kappa shape index (κ2) is 3.61. The van der Waals surface area contributed by atoms with Gasteiger partial charge in [0.2, 0.25) is 10.0 Å². The van der Waals surface area contributed by atoms with Crippen LogP contribution in [0.4, 0.5) is 5.69 Å². The number of anilines is 1. The smallest absolute Gasteiger partial charge is 0.246 e. The fourth-order valence-corrected chi connectivity index (χ4v) is 3.63. The average molecular weight is 261 g/mol. The summed E-state index contributed by atoms with van der Waals surface area (Å²) in [5, 5.41) is 0.429. The first-order valence-electron chi connectivity index (χ1n) is 4.86. The minimum absolute atomic E-state index is 0.196. The maximum Gasteiger partial charge on any atom is 0.246 e. The Labute approximate surface area is 100 Å². The van der Waals surface area contributed by atoms with Crippen LogP contribution in [0.3, 0.4) is 0 Å². The maximum absolute atomic E-state index is 12.2. The predicted octanol–water partition coefficient (Wildman–Crippen LogP) is 1.76. The standard InChI is InChI=1S/C10H13ClN2O2S/c1-7-12(2)9-5-4-8(11)6-10(9)16(14,15)13(7)3/h4-7H,1-3H3/t7-/m1/s1. The molecule has 0 bridgehead atoms. The van der Waals surface area contributed by atoms with Gasteiger partial charge in [0.05, 0.1) is 11.9 Å². The highest BCUT2D eigenvalue weighted by atomic mass is 35.5. The molecule has 16 heavy (non-hydrogen) atoms. The molecule has 1 aromatic rings. The number of benzene rings is 1. The van der Waals surface area contributed by atoms with E-state index in [0.29, 0.717) is 10.7 Å². The van der Waals surface area contributed by atoms with Crippen molar-refractivity contribution < 1.29 is 8.42 Å². The lowest BCUT2D eigenvalue weighted by Gasteiger charge is -2.39. The van der Waals surface area contributed by atoms with Crippen LogP contribution in [-0.2, 0) is 10.0 Å². The fourth-order valence-electron chi connectivity index (χ4n) is 1.79. The van der Waals surface area contributed by atoms with E-state index >= 15 is 0 Å². The zero-order valence-electron chi connectivity index (χ0n) is 9.31. The topological polar surface area (TPSA) is 40.6 Å². The molecule has 0 amide bonds. The molecule has 88 valence electrons. The summed E-state index contributed by atoms with van der Waals surface area (Å²) in [5.74, 6) is 0. The van der Waals surface area contributed by atoms with Crippen molar-refractivity contribution in [3.05, 3.63) is 23.2 Å². The quantitative estimate of drug-likeness (QED) is 0.714. The Morgan fingerprint density at radius 3 is 2.56 bits per heavy atom. The fraction of sp³-hybridized carbons (Fsp3) is 0.400. The van der Waals surface area contributed by atoms with E-state index in [1.807, 2.05) is 18.9 Å². The van der Waals surface area contributed by atoms with Crippen molar-refractivity contribution in [2.24, 2.45) is 0 Å². The van der Waals surface area contributed by atoms with Gasteiger partial charge in [-0.05, 0) is 25.1 Å². The molecule has 4 nitrogen and oxygen atoms in total. The summed E-state index contributed by atoms with van der Waals surface area (Å²) in [6, 6.07) is 4.92. The first kappa shape index (κ1) is 11.7. The molecule has 0 radical (unpaired) electrons. The maximum atomic E-state index is 12.2. The molecular weight excluding hydrogens is 248 g/mol. The molecule has 2 rings (SSSR count). The summed E-state index contributed by atoms with van der Waals surface area (Å²) in [5.41, 5.74) is 0.690. The Bertz CT molecular complexity index is 530. The lowest BCUT2D eigenvalue weighted by atomic mass is 10.3. The molecule has 0 unspecified atom stereocenters. The van der Waals surface area contributed by atoms with Gasteiger partial charge in [-0.15, -0.1) is 0 Å². The molecule has 1 aromatic carbocycles. The van der Waals surface area contributed by atoms with Crippen LogP contribution < -0.4 is 4.90 Å². The molecule has 0 spiro atoms. The minimum Gasteiger partial charge on any atom is -0.357 e. The van der Waals surface area contributed by atoms with Gasteiger partial charge in [0, 0.05) is 19.1 Å². The largest absolute Gasteiger partial charge is 0.357 e. The van der Waals surface area contributed by atoms with E-state index in [2.05, 4.69) is 0 Å². The Balaban J connectivity index is 2.74. The highest BCUT2D eigenvalue weighted by Gasteiger charge is 2.36. The van der Waals surface area contributed by atoms with Gasteiger partial charge in [0.1, 0.15) is 4.90 Å². The number of nitrogens with zero attached hydrogens (tertiary/aromatic N) is 2. The number of rotatable bonds is 0. The van der Waals surface area contributed by atoms with Crippen LogP contribution in [-0.4, -0.2) is 33.0 Å². The molecule has 0 saturated heterocycles. The van der Waals surface area contributed by atoms with Gasteiger partial charge in [0.15, 0.2) is 0 Å². The van der Waals surface area contributed by atoms with E-state index in [-0.39, 0.29) is 11.1 Å². The average Bonchev–Trinajstić information content (AvgIpc) is 2.24. The third-order valence-corrected chi connectivity index (χ3v) is 5.23. The monoisotopic (exact) mass is 260 g/mol. The van der Waals surface area contributed by atoms with Crippen molar-refractivity contribution in [3.63, 3.8) is 0 Å². The molecule has 0 N–H and O–H groups in total. The molecule has 1 atom stereocenters. The van der Waals surface area contributed by atoms with Crippen LogP contribution >= 0.6 is 11.6 Å². The number of halogens is 1. The van der Waals surface area contributed by atoms with Crippen molar-refractivity contribution in [2.75, 3.05) is 19.0 Å². The molecule has 1 heterocycles. The summed E-state index contributed by atoms with van der Waals surface area (Å²) >= 11 is 5.83. The lowest BCUT2D eigenvalue weighted by Crippen LogP contribution is -2.49. The zero-order chi connectivity index (χ0) is 12.1. The third kappa shape index (κ3) is 1.50. The molecule has 0 fully saturated rings. The van der Waals surface area contributed by atoms with E-state index < -0.39 is 10.0 Å². The van der Waals surface area contributed by atoms with Crippen LogP contribution in [0.15, 0.2) is 23.1 Å². The van der Waals surface area contributed by atoms with Crippen molar-refractivity contribution >= 4 is 27.3 Å². The first-order valence-corrected chi connectivity index (χ1v) is 6.68. The summed E-state index contributed by atoms with van der Waals surface area (Å²) in [6.07, 6.45) is -0.196. The summed E-state index contributed by atoms with van der Waals surface area (Å²) < 4.78 is 25.6. The highest BCUT2D eigenvalue weighted by Crippen LogP contribution is 2.35. The van der Waals surface area contributed by atoms with Gasteiger partial charge < -0.3 is 4.90 Å². The number of hydrogen-bond acceptors (Lipinski definition) is 3. The van der Waals surface area contributed by atoms with Gasteiger partial charge in [-0.1, -0.05) is 11.6 Å². The highest BCUT2D eigenvalue weighted by molar-refractivity contribution is 7.89. The van der Waals surface area contributed by atoms with Crippen molar-refractivity contribution in [1.29, 1.82) is 0 Å². The second-order valence-corrected chi connectivity index (χ2v) is 6.28. The molecule has 1 aliphatic rings. The third-order valence-electron chi connectivity index (χ3n) is 3.05. The van der Waals surface area contributed by atoms with Crippen molar-refractivity contribution in [3.8, 4) is 0 Å². The van der Waals surface area contributed by atoms with Gasteiger partial charge in [-0.3, -0.25) is 0 Å².